The van der Waals surface area contributed by atoms with Crippen LogP contribution in [0.2, 0.25) is 0 Å². The van der Waals surface area contributed by atoms with Gasteiger partial charge in [0.05, 0.1) is 18.7 Å². The van der Waals surface area contributed by atoms with E-state index in [1.807, 2.05) is 31.2 Å². The number of halogens is 1. The highest BCUT2D eigenvalue weighted by molar-refractivity contribution is 9.10. The molecule has 3 rings (SSSR count). The highest BCUT2D eigenvalue weighted by atomic mass is 79.9. The van der Waals surface area contributed by atoms with E-state index in [2.05, 4.69) is 40.4 Å². The van der Waals surface area contributed by atoms with Gasteiger partial charge in [0, 0.05) is 26.6 Å². The van der Waals surface area contributed by atoms with Crippen LogP contribution in [0.3, 0.4) is 0 Å². The number of nitrogens with zero attached hydrogens (tertiary/aromatic N) is 1. The molecule has 0 unspecified atom stereocenters. The molecule has 5 heteroatoms. The molecule has 0 aliphatic heterocycles. The monoisotopic (exact) mass is 415 g/mol. The predicted molar refractivity (Wildman–Crippen MR) is 107 cm³/mol. The highest BCUT2D eigenvalue weighted by Crippen LogP contribution is 2.28. The molecule has 0 saturated carbocycles. The fourth-order valence-corrected chi connectivity index (χ4v) is 3.40. The first-order valence-electron chi connectivity index (χ1n) is 8.59. The summed E-state index contributed by atoms with van der Waals surface area (Å²) in [5.74, 6) is 0.425. The van der Waals surface area contributed by atoms with Crippen LogP contribution in [0, 0.1) is 12.8 Å². The summed E-state index contributed by atoms with van der Waals surface area (Å²) in [5, 5.41) is 10.1. The zero-order chi connectivity index (χ0) is 18.8. The number of hydrogen-bond acceptors (Lipinski definition) is 2. The van der Waals surface area contributed by atoms with Crippen LogP contribution >= 0.6 is 15.9 Å². The molecule has 4 nitrogen and oxygen atoms in total. The predicted octanol–water partition coefficient (Wildman–Crippen LogP) is 5.49. The van der Waals surface area contributed by atoms with Crippen molar-refractivity contribution in [1.29, 1.82) is 0 Å². The Morgan fingerprint density at radius 1 is 1.19 bits per heavy atom. The average molecular weight is 416 g/mol. The van der Waals surface area contributed by atoms with Gasteiger partial charge < -0.3 is 14.4 Å². The van der Waals surface area contributed by atoms with E-state index in [-0.39, 0.29) is 0 Å². The number of ether oxygens (including phenoxy) is 1. The van der Waals surface area contributed by atoms with Crippen molar-refractivity contribution < 1.29 is 14.6 Å². The summed E-state index contributed by atoms with van der Waals surface area (Å²) in [6.07, 6.45) is 0. The van der Waals surface area contributed by atoms with Gasteiger partial charge >= 0.3 is 5.97 Å². The largest absolute Gasteiger partial charge is 0.493 e. The molecular weight excluding hydrogens is 394 g/mol. The molecule has 0 atom stereocenters. The molecule has 0 spiro atoms. The molecule has 1 aromatic heterocycles. The van der Waals surface area contributed by atoms with E-state index in [1.54, 1.807) is 12.1 Å². The van der Waals surface area contributed by atoms with Crippen molar-refractivity contribution in [2.24, 2.45) is 5.92 Å². The topological polar surface area (TPSA) is 51.5 Å². The van der Waals surface area contributed by atoms with Crippen LogP contribution in [0.15, 0.2) is 46.9 Å². The summed E-state index contributed by atoms with van der Waals surface area (Å²) in [4.78, 5) is 11.2. The van der Waals surface area contributed by atoms with E-state index in [9.17, 15) is 9.90 Å². The second kappa shape index (κ2) is 7.54. The maximum Gasteiger partial charge on any atom is 0.335 e. The molecular formula is C21H22BrNO3. The number of hydrogen-bond donors (Lipinski definition) is 1. The van der Waals surface area contributed by atoms with Crippen molar-refractivity contribution in [3.05, 3.63) is 63.8 Å². The van der Waals surface area contributed by atoms with Crippen LogP contribution < -0.4 is 4.74 Å². The zero-order valence-corrected chi connectivity index (χ0v) is 16.7. The van der Waals surface area contributed by atoms with Crippen LogP contribution in [0.25, 0.3) is 10.9 Å². The van der Waals surface area contributed by atoms with E-state index in [0.29, 0.717) is 24.6 Å². The number of carboxylic acid groups (broad SMARTS) is 1. The van der Waals surface area contributed by atoms with Crippen LogP contribution in [-0.2, 0) is 6.54 Å². The van der Waals surface area contributed by atoms with Gasteiger partial charge in [-0.25, -0.2) is 4.79 Å². The first-order chi connectivity index (χ1) is 12.3. The third-order valence-electron chi connectivity index (χ3n) is 4.28. The first kappa shape index (κ1) is 18.5. The number of aromatic nitrogens is 1. The fraction of sp³-hybridized carbons (Fsp3) is 0.286. The van der Waals surface area contributed by atoms with Crippen molar-refractivity contribution in [3.63, 3.8) is 0 Å². The Morgan fingerprint density at radius 2 is 1.96 bits per heavy atom. The highest BCUT2D eigenvalue weighted by Gasteiger charge is 2.13. The third kappa shape index (κ3) is 3.93. The molecule has 0 bridgehead atoms. The van der Waals surface area contributed by atoms with E-state index in [0.717, 1.165) is 32.4 Å². The second-order valence-corrected chi connectivity index (χ2v) is 7.82. The van der Waals surface area contributed by atoms with Crippen LogP contribution in [-0.4, -0.2) is 22.2 Å². The molecule has 0 aliphatic rings. The minimum atomic E-state index is -0.909. The maximum atomic E-state index is 11.2. The van der Waals surface area contributed by atoms with Crippen molar-refractivity contribution in [3.8, 4) is 5.75 Å². The SMILES string of the molecule is Cc1cc2cc(C(=O)O)ccc2n1Cc1cc(Br)ccc1OCC(C)C. The molecule has 136 valence electrons. The number of carboxylic acids is 1. The van der Waals surface area contributed by atoms with Gasteiger partial charge in [0.2, 0.25) is 0 Å². The summed E-state index contributed by atoms with van der Waals surface area (Å²) in [5.41, 5.74) is 3.49. The molecule has 1 N–H and O–H groups in total. The van der Waals surface area contributed by atoms with Gasteiger partial charge in [0.25, 0.3) is 0 Å². The summed E-state index contributed by atoms with van der Waals surface area (Å²) in [6.45, 7) is 7.62. The maximum absolute atomic E-state index is 11.2. The normalized spacial score (nSPS) is 11.3. The Morgan fingerprint density at radius 3 is 2.65 bits per heavy atom. The van der Waals surface area contributed by atoms with Crippen molar-refractivity contribution in [2.45, 2.75) is 27.3 Å². The Kier molecular flexibility index (Phi) is 5.37. The van der Waals surface area contributed by atoms with E-state index in [1.165, 1.54) is 0 Å². The summed E-state index contributed by atoms with van der Waals surface area (Å²) < 4.78 is 9.18. The van der Waals surface area contributed by atoms with Crippen molar-refractivity contribution in [2.75, 3.05) is 6.61 Å². The van der Waals surface area contributed by atoms with Crippen molar-refractivity contribution >= 4 is 32.8 Å². The van der Waals surface area contributed by atoms with Gasteiger partial charge in [0.15, 0.2) is 0 Å². The lowest BCUT2D eigenvalue weighted by Gasteiger charge is -2.16. The van der Waals surface area contributed by atoms with Crippen LogP contribution in [0.5, 0.6) is 5.75 Å². The standard InChI is InChI=1S/C21H22BrNO3/c1-13(2)12-26-20-7-5-18(22)10-17(20)11-23-14(3)8-16-9-15(21(24)25)4-6-19(16)23/h4-10,13H,11-12H2,1-3H3,(H,24,25). The number of aryl methyl sites for hydroxylation is 1. The number of aromatic carboxylic acids is 1. The first-order valence-corrected chi connectivity index (χ1v) is 9.39. The van der Waals surface area contributed by atoms with Gasteiger partial charge in [-0.05, 0) is 55.3 Å². The lowest BCUT2D eigenvalue weighted by atomic mass is 10.1. The molecule has 0 aliphatic carbocycles. The lowest BCUT2D eigenvalue weighted by Crippen LogP contribution is -2.08. The molecule has 0 fully saturated rings. The summed E-state index contributed by atoms with van der Waals surface area (Å²) in [6, 6.07) is 13.3. The van der Waals surface area contributed by atoms with Gasteiger partial charge in [-0.3, -0.25) is 0 Å². The Hall–Kier alpha value is -2.27. The minimum Gasteiger partial charge on any atom is -0.493 e. The molecule has 1 heterocycles. The Bertz CT molecular complexity index is 959. The molecule has 0 radical (unpaired) electrons. The number of fused-ring (bicyclic) bond motifs is 1. The molecule has 0 saturated heterocycles. The second-order valence-electron chi connectivity index (χ2n) is 6.91. The van der Waals surface area contributed by atoms with Gasteiger partial charge in [0.1, 0.15) is 5.75 Å². The summed E-state index contributed by atoms with van der Waals surface area (Å²) >= 11 is 3.54. The van der Waals surface area contributed by atoms with E-state index < -0.39 is 5.97 Å². The fourth-order valence-electron chi connectivity index (χ4n) is 2.99. The third-order valence-corrected chi connectivity index (χ3v) is 4.77. The van der Waals surface area contributed by atoms with Gasteiger partial charge in [-0.15, -0.1) is 0 Å². The average Bonchev–Trinajstić information content (AvgIpc) is 2.89. The lowest BCUT2D eigenvalue weighted by molar-refractivity contribution is 0.0697. The molecule has 26 heavy (non-hydrogen) atoms. The van der Waals surface area contributed by atoms with E-state index in [4.69, 9.17) is 4.74 Å². The van der Waals surface area contributed by atoms with Crippen LogP contribution in [0.4, 0.5) is 0 Å². The van der Waals surface area contributed by atoms with Gasteiger partial charge in [-0.1, -0.05) is 29.8 Å². The molecule has 2 aromatic carbocycles. The van der Waals surface area contributed by atoms with Crippen molar-refractivity contribution in [1.82, 2.24) is 4.57 Å². The summed E-state index contributed by atoms with van der Waals surface area (Å²) in [7, 11) is 0. The molecule has 0 amide bonds. The smallest absolute Gasteiger partial charge is 0.335 e. The van der Waals surface area contributed by atoms with Gasteiger partial charge in [-0.2, -0.15) is 0 Å². The van der Waals surface area contributed by atoms with Crippen LogP contribution in [0.1, 0.15) is 35.5 Å². The quantitative estimate of drug-likeness (QED) is 0.578. The molecule has 3 aromatic rings. The number of rotatable bonds is 6. The number of carbonyl (C=O) groups is 1. The Labute approximate surface area is 161 Å². The zero-order valence-electron chi connectivity index (χ0n) is 15.1. The van der Waals surface area contributed by atoms with E-state index >= 15 is 0 Å². The number of benzene rings is 2. The minimum absolute atomic E-state index is 0.304. The Balaban J connectivity index is 1.99.